The third kappa shape index (κ3) is 6.76. The van der Waals surface area contributed by atoms with Crippen LogP contribution in [-0.2, 0) is 0 Å². The Morgan fingerprint density at radius 3 is 2.60 bits per heavy atom. The zero-order chi connectivity index (χ0) is 14.8. The van der Waals surface area contributed by atoms with Crippen LogP contribution in [0, 0.1) is 11.3 Å². The molecule has 2 heteroatoms. The average molecular weight is 275 g/mol. The van der Waals surface area contributed by atoms with Crippen LogP contribution in [0.15, 0.2) is 43.0 Å². The van der Waals surface area contributed by atoms with Crippen molar-refractivity contribution >= 4 is 0 Å². The summed E-state index contributed by atoms with van der Waals surface area (Å²) in [5.41, 5.74) is 0.148. The van der Waals surface area contributed by atoms with Gasteiger partial charge in [0.2, 0.25) is 0 Å². The molecule has 0 aliphatic heterocycles. The molecule has 0 aliphatic carbocycles. The van der Waals surface area contributed by atoms with Crippen LogP contribution in [0.1, 0.15) is 33.6 Å². The highest BCUT2D eigenvalue weighted by Crippen LogP contribution is 2.24. The van der Waals surface area contributed by atoms with Crippen molar-refractivity contribution in [3.05, 3.63) is 43.0 Å². The summed E-state index contributed by atoms with van der Waals surface area (Å²) in [4.78, 5) is 0. The molecule has 1 unspecified atom stereocenters. The maximum atomic E-state index is 5.73. The highest BCUT2D eigenvalue weighted by molar-refractivity contribution is 5.20. The van der Waals surface area contributed by atoms with Crippen molar-refractivity contribution in [2.75, 3.05) is 19.7 Å². The molecule has 0 spiro atoms. The minimum Gasteiger partial charge on any atom is -0.494 e. The molecule has 0 radical (unpaired) electrons. The van der Waals surface area contributed by atoms with Crippen LogP contribution in [0.5, 0.6) is 5.75 Å². The van der Waals surface area contributed by atoms with Crippen LogP contribution in [0.4, 0.5) is 0 Å². The Balaban J connectivity index is 2.24. The van der Waals surface area contributed by atoms with Gasteiger partial charge in [-0.25, -0.2) is 0 Å². The van der Waals surface area contributed by atoms with Crippen LogP contribution in [-0.4, -0.2) is 19.7 Å². The van der Waals surface area contributed by atoms with Gasteiger partial charge in [-0.3, -0.25) is 0 Å². The van der Waals surface area contributed by atoms with Crippen LogP contribution < -0.4 is 10.1 Å². The third-order valence-corrected chi connectivity index (χ3v) is 3.48. The lowest BCUT2D eigenvalue weighted by atomic mass is 9.85. The second-order valence-corrected chi connectivity index (χ2v) is 6.15. The van der Waals surface area contributed by atoms with Crippen molar-refractivity contribution in [3.8, 4) is 5.75 Å². The van der Waals surface area contributed by atoms with Gasteiger partial charge in [-0.15, -0.1) is 6.58 Å². The number of rotatable bonds is 10. The molecule has 0 amide bonds. The molecule has 112 valence electrons. The first-order valence-corrected chi connectivity index (χ1v) is 7.58. The molecule has 0 saturated carbocycles. The van der Waals surface area contributed by atoms with Crippen LogP contribution >= 0.6 is 0 Å². The number of hydrogen-bond acceptors (Lipinski definition) is 2. The Kier molecular flexibility index (Phi) is 7.38. The smallest absolute Gasteiger partial charge is 0.119 e. The average Bonchev–Trinajstić information content (AvgIpc) is 2.44. The summed E-state index contributed by atoms with van der Waals surface area (Å²) in [6, 6.07) is 9.99. The highest BCUT2D eigenvalue weighted by atomic mass is 16.5. The molecule has 2 nitrogen and oxygen atoms in total. The highest BCUT2D eigenvalue weighted by Gasteiger charge is 2.19. The second kappa shape index (κ2) is 8.80. The Morgan fingerprint density at radius 2 is 2.00 bits per heavy atom. The predicted octanol–water partition coefficient (Wildman–Crippen LogP) is 4.28. The van der Waals surface area contributed by atoms with Gasteiger partial charge in [0.1, 0.15) is 5.75 Å². The summed E-state index contributed by atoms with van der Waals surface area (Å²) in [6.07, 6.45) is 4.21. The van der Waals surface area contributed by atoms with Crippen LogP contribution in [0.3, 0.4) is 0 Å². The van der Waals surface area contributed by atoms with E-state index in [2.05, 4.69) is 38.7 Å². The van der Waals surface area contributed by atoms with Crippen molar-refractivity contribution in [1.29, 1.82) is 0 Å². The van der Waals surface area contributed by atoms with Crippen LogP contribution in [0.2, 0.25) is 0 Å². The van der Waals surface area contributed by atoms with E-state index in [4.69, 9.17) is 4.74 Å². The monoisotopic (exact) mass is 275 g/mol. The molecule has 1 atom stereocenters. The van der Waals surface area contributed by atoms with Crippen molar-refractivity contribution in [1.82, 2.24) is 5.32 Å². The number of benzene rings is 1. The van der Waals surface area contributed by atoms with E-state index in [0.29, 0.717) is 5.92 Å². The molecule has 0 aromatic heterocycles. The summed E-state index contributed by atoms with van der Waals surface area (Å²) < 4.78 is 5.73. The lowest BCUT2D eigenvalue weighted by molar-refractivity contribution is 0.268. The summed E-state index contributed by atoms with van der Waals surface area (Å²) in [7, 11) is 0. The van der Waals surface area contributed by atoms with E-state index in [0.717, 1.165) is 38.3 Å². The van der Waals surface area contributed by atoms with Crippen LogP contribution in [0.25, 0.3) is 0 Å². The fraction of sp³-hybridized carbons (Fsp3) is 0.556. The molecule has 1 aromatic rings. The van der Waals surface area contributed by atoms with Gasteiger partial charge in [0.05, 0.1) is 6.61 Å². The zero-order valence-corrected chi connectivity index (χ0v) is 13.2. The number of nitrogens with one attached hydrogen (secondary N) is 1. The molecule has 1 aromatic carbocycles. The Bertz CT molecular complexity index is 374. The largest absolute Gasteiger partial charge is 0.494 e. The van der Waals surface area contributed by atoms with E-state index < -0.39 is 0 Å². The molecular weight excluding hydrogens is 246 g/mol. The van der Waals surface area contributed by atoms with E-state index in [1.807, 2.05) is 30.3 Å². The zero-order valence-electron chi connectivity index (χ0n) is 13.2. The van der Waals surface area contributed by atoms with Gasteiger partial charge in [0.15, 0.2) is 0 Å². The van der Waals surface area contributed by atoms with E-state index >= 15 is 0 Å². The van der Waals surface area contributed by atoms with E-state index in [9.17, 15) is 0 Å². The van der Waals surface area contributed by atoms with E-state index in [1.165, 1.54) is 0 Å². The lowest BCUT2D eigenvalue weighted by Crippen LogP contribution is -2.32. The fourth-order valence-corrected chi connectivity index (χ4v) is 2.09. The lowest BCUT2D eigenvalue weighted by Gasteiger charge is -2.26. The van der Waals surface area contributed by atoms with Gasteiger partial charge < -0.3 is 10.1 Å². The summed E-state index contributed by atoms with van der Waals surface area (Å²) in [6.45, 7) is 13.5. The quantitative estimate of drug-likeness (QED) is 0.508. The summed E-state index contributed by atoms with van der Waals surface area (Å²) in [5.74, 6) is 1.64. The maximum Gasteiger partial charge on any atom is 0.119 e. The van der Waals surface area contributed by atoms with E-state index in [-0.39, 0.29) is 5.41 Å². The third-order valence-electron chi connectivity index (χ3n) is 3.48. The fourth-order valence-electron chi connectivity index (χ4n) is 2.09. The van der Waals surface area contributed by atoms with E-state index in [1.54, 1.807) is 0 Å². The molecular formula is C18H29NO. The van der Waals surface area contributed by atoms with Gasteiger partial charge in [-0.05, 0) is 42.9 Å². The molecule has 20 heavy (non-hydrogen) atoms. The minimum absolute atomic E-state index is 0.148. The van der Waals surface area contributed by atoms with Gasteiger partial charge in [0.25, 0.3) is 0 Å². The Morgan fingerprint density at radius 1 is 1.30 bits per heavy atom. The summed E-state index contributed by atoms with van der Waals surface area (Å²) >= 11 is 0. The van der Waals surface area contributed by atoms with Gasteiger partial charge >= 0.3 is 0 Å². The first-order chi connectivity index (χ1) is 9.56. The molecule has 0 saturated heterocycles. The van der Waals surface area contributed by atoms with Crippen molar-refractivity contribution in [3.63, 3.8) is 0 Å². The first-order valence-electron chi connectivity index (χ1n) is 7.58. The maximum absolute atomic E-state index is 5.73. The number of hydrogen-bond donors (Lipinski definition) is 1. The predicted molar refractivity (Wildman–Crippen MR) is 87.2 cm³/mol. The molecule has 1 N–H and O–H groups in total. The SMILES string of the molecule is C=CC(C)(CCCOc1ccccc1)CNCC(C)C. The summed E-state index contributed by atoms with van der Waals surface area (Å²) in [5, 5.41) is 3.52. The van der Waals surface area contributed by atoms with Crippen molar-refractivity contribution < 1.29 is 4.74 Å². The van der Waals surface area contributed by atoms with Gasteiger partial charge in [-0.2, -0.15) is 0 Å². The molecule has 0 heterocycles. The molecule has 0 aliphatic rings. The second-order valence-electron chi connectivity index (χ2n) is 6.15. The van der Waals surface area contributed by atoms with Gasteiger partial charge in [0, 0.05) is 6.54 Å². The number of para-hydroxylation sites is 1. The standard InChI is InChI=1S/C18H29NO/c1-5-18(4,15-19-14-16(2)3)12-9-13-20-17-10-7-6-8-11-17/h5-8,10-11,16,19H,1,9,12-15H2,2-4H3. The Hall–Kier alpha value is -1.28. The first kappa shape index (κ1) is 16.8. The molecule has 0 fully saturated rings. The molecule has 1 rings (SSSR count). The minimum atomic E-state index is 0.148. The van der Waals surface area contributed by atoms with Crippen molar-refractivity contribution in [2.24, 2.45) is 11.3 Å². The topological polar surface area (TPSA) is 21.3 Å². The molecule has 0 bridgehead atoms. The van der Waals surface area contributed by atoms with Gasteiger partial charge in [-0.1, -0.05) is 45.0 Å². The number of ether oxygens (including phenoxy) is 1. The normalized spacial score (nSPS) is 14.0. The Labute approximate surface area is 124 Å². The van der Waals surface area contributed by atoms with Crippen molar-refractivity contribution in [2.45, 2.75) is 33.6 Å².